The van der Waals surface area contributed by atoms with Gasteiger partial charge in [-0.15, -0.1) is 0 Å². The molecule has 3 amide bonds. The van der Waals surface area contributed by atoms with E-state index in [9.17, 15) is 29.1 Å². The first-order chi connectivity index (χ1) is 15.4. The molecule has 5 atom stereocenters. The largest absolute Gasteiger partial charge is 0.481 e. The Morgan fingerprint density at radius 3 is 2.21 bits per heavy atom. The Balaban J connectivity index is 2.95. The van der Waals surface area contributed by atoms with Crippen LogP contribution in [-0.2, 0) is 24.0 Å². The number of amides is 3. The molecule has 1 aliphatic rings. The van der Waals surface area contributed by atoms with Gasteiger partial charge in [0.1, 0.15) is 18.1 Å². The highest BCUT2D eigenvalue weighted by Gasteiger charge is 2.39. The Morgan fingerprint density at radius 2 is 1.70 bits per heavy atom. The lowest BCUT2D eigenvalue weighted by atomic mass is 9.97. The maximum Gasteiger partial charge on any atom is 0.326 e. The molecule has 0 aromatic carbocycles. The second kappa shape index (κ2) is 13.1. The van der Waals surface area contributed by atoms with Crippen LogP contribution in [0.15, 0.2) is 0 Å². The molecule has 0 bridgehead atoms. The first-order valence-corrected chi connectivity index (χ1v) is 11.5. The number of likely N-dealkylation sites (tertiary alicyclic amines) is 1. The average molecular weight is 471 g/mol. The SMILES string of the molecule is CCC(C)C(N)C(=O)NC(CC(C)C)C(=O)N1CCCC1C(=O)NC(CCC(=O)O)C(=O)O. The molecule has 5 unspecified atom stereocenters. The smallest absolute Gasteiger partial charge is 0.326 e. The van der Waals surface area contributed by atoms with E-state index in [-0.39, 0.29) is 18.3 Å². The zero-order valence-corrected chi connectivity index (χ0v) is 19.9. The van der Waals surface area contributed by atoms with Crippen LogP contribution in [0.3, 0.4) is 0 Å². The van der Waals surface area contributed by atoms with E-state index in [1.54, 1.807) is 0 Å². The van der Waals surface area contributed by atoms with Gasteiger partial charge >= 0.3 is 11.9 Å². The summed E-state index contributed by atoms with van der Waals surface area (Å²) < 4.78 is 0. The summed E-state index contributed by atoms with van der Waals surface area (Å²) in [6.07, 6.45) is 1.28. The summed E-state index contributed by atoms with van der Waals surface area (Å²) >= 11 is 0. The fourth-order valence-corrected chi connectivity index (χ4v) is 3.77. The predicted octanol–water partition coefficient (Wildman–Crippen LogP) is 0.316. The molecule has 1 heterocycles. The van der Waals surface area contributed by atoms with Crippen LogP contribution in [0, 0.1) is 11.8 Å². The van der Waals surface area contributed by atoms with Crippen LogP contribution in [0.4, 0.5) is 0 Å². The van der Waals surface area contributed by atoms with Crippen LogP contribution in [-0.4, -0.2) is 75.5 Å². The summed E-state index contributed by atoms with van der Waals surface area (Å²) in [6, 6.07) is -3.88. The summed E-state index contributed by atoms with van der Waals surface area (Å²) in [4.78, 5) is 62.3. The standard InChI is InChI=1S/C22H38N4O7/c1-5-13(4)18(23)20(30)25-15(11-12(2)3)21(31)26-10-6-7-16(26)19(29)24-14(22(32)33)8-9-17(27)28/h12-16,18H,5-11,23H2,1-4H3,(H,24,29)(H,25,30)(H,27,28)(H,32,33). The highest BCUT2D eigenvalue weighted by molar-refractivity contribution is 5.94. The van der Waals surface area contributed by atoms with Gasteiger partial charge in [-0.25, -0.2) is 4.79 Å². The molecule has 188 valence electrons. The van der Waals surface area contributed by atoms with E-state index in [1.165, 1.54) is 4.90 Å². The third kappa shape index (κ3) is 8.64. The Bertz CT molecular complexity index is 728. The molecule has 1 fully saturated rings. The van der Waals surface area contributed by atoms with Crippen molar-refractivity contribution in [1.82, 2.24) is 15.5 Å². The number of nitrogens with zero attached hydrogens (tertiary/aromatic N) is 1. The fraction of sp³-hybridized carbons (Fsp3) is 0.773. The van der Waals surface area contributed by atoms with Crippen molar-refractivity contribution in [1.29, 1.82) is 0 Å². The Hall–Kier alpha value is -2.69. The molecule has 0 aliphatic carbocycles. The quantitative estimate of drug-likeness (QED) is 0.255. The number of carboxylic acids is 2. The topological polar surface area (TPSA) is 179 Å². The molecule has 0 aromatic heterocycles. The van der Waals surface area contributed by atoms with Crippen molar-refractivity contribution in [3.8, 4) is 0 Å². The van der Waals surface area contributed by atoms with Gasteiger partial charge in [-0.1, -0.05) is 34.1 Å². The molecule has 11 nitrogen and oxygen atoms in total. The van der Waals surface area contributed by atoms with Gasteiger partial charge < -0.3 is 31.5 Å². The van der Waals surface area contributed by atoms with Crippen LogP contribution >= 0.6 is 0 Å². The average Bonchev–Trinajstić information content (AvgIpc) is 3.23. The van der Waals surface area contributed by atoms with Crippen LogP contribution in [0.2, 0.25) is 0 Å². The Labute approximate surface area is 194 Å². The lowest BCUT2D eigenvalue weighted by Crippen LogP contribution is -2.57. The van der Waals surface area contributed by atoms with Gasteiger partial charge in [-0.3, -0.25) is 19.2 Å². The van der Waals surface area contributed by atoms with Gasteiger partial charge in [0.25, 0.3) is 0 Å². The van der Waals surface area contributed by atoms with E-state index in [0.29, 0.717) is 32.2 Å². The fourth-order valence-electron chi connectivity index (χ4n) is 3.77. The number of rotatable bonds is 13. The van der Waals surface area contributed by atoms with Gasteiger partial charge in [0.05, 0.1) is 6.04 Å². The molecule has 0 spiro atoms. The molecule has 1 rings (SSSR count). The summed E-state index contributed by atoms with van der Waals surface area (Å²) in [5, 5.41) is 23.2. The Morgan fingerprint density at radius 1 is 1.06 bits per heavy atom. The number of nitrogens with two attached hydrogens (primary N) is 1. The van der Waals surface area contributed by atoms with Gasteiger partial charge in [-0.05, 0) is 37.5 Å². The molecule has 11 heteroatoms. The van der Waals surface area contributed by atoms with Crippen molar-refractivity contribution < 1.29 is 34.2 Å². The number of hydrogen-bond acceptors (Lipinski definition) is 6. The van der Waals surface area contributed by atoms with Crippen LogP contribution in [0.1, 0.15) is 66.2 Å². The Kier molecular flexibility index (Phi) is 11.3. The monoisotopic (exact) mass is 470 g/mol. The molecule has 33 heavy (non-hydrogen) atoms. The maximum absolute atomic E-state index is 13.3. The summed E-state index contributed by atoms with van der Waals surface area (Å²) in [5.74, 6) is -3.98. The van der Waals surface area contributed by atoms with Gasteiger partial charge in [0.2, 0.25) is 17.7 Å². The highest BCUT2D eigenvalue weighted by Crippen LogP contribution is 2.21. The van der Waals surface area contributed by atoms with E-state index in [1.807, 2.05) is 27.7 Å². The van der Waals surface area contributed by atoms with Crippen molar-refractivity contribution in [2.75, 3.05) is 6.54 Å². The molecular weight excluding hydrogens is 432 g/mol. The minimum Gasteiger partial charge on any atom is -0.481 e. The van der Waals surface area contributed by atoms with Gasteiger partial charge in [0.15, 0.2) is 0 Å². The lowest BCUT2D eigenvalue weighted by Gasteiger charge is -2.31. The normalized spacial score (nSPS) is 19.5. The molecule has 6 N–H and O–H groups in total. The van der Waals surface area contributed by atoms with Crippen molar-refractivity contribution in [3.63, 3.8) is 0 Å². The second-order valence-electron chi connectivity index (χ2n) is 9.12. The number of nitrogens with one attached hydrogen (secondary N) is 2. The van der Waals surface area contributed by atoms with Crippen LogP contribution in [0.25, 0.3) is 0 Å². The van der Waals surface area contributed by atoms with E-state index in [0.717, 1.165) is 0 Å². The zero-order valence-electron chi connectivity index (χ0n) is 19.9. The highest BCUT2D eigenvalue weighted by atomic mass is 16.4. The summed E-state index contributed by atoms with van der Waals surface area (Å²) in [5.41, 5.74) is 6.01. The third-order valence-corrected chi connectivity index (χ3v) is 5.98. The van der Waals surface area contributed by atoms with Crippen LogP contribution in [0.5, 0.6) is 0 Å². The number of aliphatic carboxylic acids is 2. The van der Waals surface area contributed by atoms with Crippen molar-refractivity contribution in [2.24, 2.45) is 17.6 Å². The first-order valence-electron chi connectivity index (χ1n) is 11.5. The number of carbonyl (C=O) groups is 5. The summed E-state index contributed by atoms with van der Waals surface area (Å²) in [7, 11) is 0. The second-order valence-corrected chi connectivity index (χ2v) is 9.12. The van der Waals surface area contributed by atoms with Gasteiger partial charge in [0, 0.05) is 13.0 Å². The van der Waals surface area contributed by atoms with Crippen LogP contribution < -0.4 is 16.4 Å². The predicted molar refractivity (Wildman–Crippen MR) is 120 cm³/mol. The van der Waals surface area contributed by atoms with Gasteiger partial charge in [-0.2, -0.15) is 0 Å². The minimum atomic E-state index is -1.37. The number of carboxylic acid groups (broad SMARTS) is 2. The molecule has 1 saturated heterocycles. The summed E-state index contributed by atoms with van der Waals surface area (Å²) in [6.45, 7) is 7.90. The van der Waals surface area contributed by atoms with Crippen molar-refractivity contribution in [2.45, 2.75) is 90.4 Å². The van der Waals surface area contributed by atoms with Crippen molar-refractivity contribution >= 4 is 29.7 Å². The third-order valence-electron chi connectivity index (χ3n) is 5.98. The van der Waals surface area contributed by atoms with E-state index in [4.69, 9.17) is 10.8 Å². The van der Waals surface area contributed by atoms with E-state index >= 15 is 0 Å². The minimum absolute atomic E-state index is 0.0659. The molecule has 0 saturated carbocycles. The van der Waals surface area contributed by atoms with Crippen molar-refractivity contribution in [3.05, 3.63) is 0 Å². The molecule has 0 radical (unpaired) electrons. The molecular formula is C22H38N4O7. The maximum atomic E-state index is 13.3. The lowest BCUT2D eigenvalue weighted by molar-refractivity contribution is -0.145. The van der Waals surface area contributed by atoms with E-state index in [2.05, 4.69) is 10.6 Å². The number of carbonyl (C=O) groups excluding carboxylic acids is 3. The number of hydrogen-bond donors (Lipinski definition) is 5. The van der Waals surface area contributed by atoms with E-state index < -0.39 is 60.2 Å². The zero-order chi connectivity index (χ0) is 25.3. The molecule has 1 aliphatic heterocycles. The first kappa shape index (κ1) is 28.3. The molecule has 0 aromatic rings.